The molecule has 1 aliphatic rings. The standard InChI is InChI=1S/C18H23N3O/c1-14(18(22)19-15-8-4-3-5-9-15)21-13-7-11-17(21)16-10-6-12-20(16)2/h3-6,8-10,12,14,17H,7,11,13H2,1-2H3,(H,19,22)/p+1/t14-,17+/m0/s1. The highest BCUT2D eigenvalue weighted by Gasteiger charge is 2.38. The molecule has 3 atom stereocenters. The molecule has 0 spiro atoms. The zero-order valence-electron chi connectivity index (χ0n) is 13.3. The second-order valence-electron chi connectivity index (χ2n) is 6.14. The Kier molecular flexibility index (Phi) is 4.29. The van der Waals surface area contributed by atoms with Crippen molar-refractivity contribution in [3.8, 4) is 0 Å². The van der Waals surface area contributed by atoms with Gasteiger partial charge in [-0.05, 0) is 31.2 Å². The lowest BCUT2D eigenvalue weighted by atomic mass is 10.1. The van der Waals surface area contributed by atoms with Crippen LogP contribution in [0.5, 0.6) is 0 Å². The van der Waals surface area contributed by atoms with Crippen molar-refractivity contribution >= 4 is 11.6 Å². The molecule has 4 heteroatoms. The minimum atomic E-state index is -0.0531. The van der Waals surface area contributed by atoms with Gasteiger partial charge in [0.25, 0.3) is 5.91 Å². The van der Waals surface area contributed by atoms with E-state index < -0.39 is 0 Å². The number of likely N-dealkylation sites (tertiary alicyclic amines) is 1. The smallest absolute Gasteiger partial charge is 0.282 e. The molecule has 2 heterocycles. The summed E-state index contributed by atoms with van der Waals surface area (Å²) in [5, 5.41) is 3.03. The largest absolute Gasteiger partial charge is 0.350 e. The second kappa shape index (κ2) is 6.36. The van der Waals surface area contributed by atoms with E-state index in [2.05, 4.69) is 35.3 Å². The first-order valence-corrected chi connectivity index (χ1v) is 7.99. The highest BCUT2D eigenvalue weighted by Crippen LogP contribution is 2.20. The molecular weight excluding hydrogens is 274 g/mol. The van der Waals surface area contributed by atoms with Gasteiger partial charge in [0.2, 0.25) is 0 Å². The van der Waals surface area contributed by atoms with Gasteiger partial charge < -0.3 is 14.8 Å². The average molecular weight is 298 g/mol. The van der Waals surface area contributed by atoms with Crippen LogP contribution in [0.4, 0.5) is 5.69 Å². The van der Waals surface area contributed by atoms with Gasteiger partial charge in [-0.25, -0.2) is 0 Å². The van der Waals surface area contributed by atoms with Crippen LogP contribution in [0.3, 0.4) is 0 Å². The number of carbonyl (C=O) groups excluding carboxylic acids is 1. The third kappa shape index (κ3) is 2.92. The Morgan fingerprint density at radius 1 is 1.27 bits per heavy atom. The molecule has 1 saturated heterocycles. The monoisotopic (exact) mass is 298 g/mol. The van der Waals surface area contributed by atoms with Crippen molar-refractivity contribution in [1.82, 2.24) is 4.57 Å². The number of quaternary nitrogens is 1. The molecule has 1 aromatic heterocycles. The number of rotatable bonds is 4. The molecule has 0 saturated carbocycles. The summed E-state index contributed by atoms with van der Waals surface area (Å²) in [6.07, 6.45) is 4.41. The fourth-order valence-electron chi connectivity index (χ4n) is 3.50. The molecule has 1 fully saturated rings. The molecule has 0 aliphatic carbocycles. The Morgan fingerprint density at radius 2 is 2.05 bits per heavy atom. The van der Waals surface area contributed by atoms with Crippen molar-refractivity contribution in [2.75, 3.05) is 11.9 Å². The molecule has 2 N–H and O–H groups in total. The van der Waals surface area contributed by atoms with Gasteiger partial charge in [0.15, 0.2) is 6.04 Å². The summed E-state index contributed by atoms with van der Waals surface area (Å²) in [7, 11) is 2.08. The molecule has 4 nitrogen and oxygen atoms in total. The zero-order chi connectivity index (χ0) is 15.5. The van der Waals surface area contributed by atoms with Gasteiger partial charge in [0.1, 0.15) is 6.04 Å². The maximum Gasteiger partial charge on any atom is 0.282 e. The molecule has 116 valence electrons. The number of hydrogen-bond acceptors (Lipinski definition) is 1. The van der Waals surface area contributed by atoms with Crippen molar-refractivity contribution in [2.24, 2.45) is 7.05 Å². The van der Waals surface area contributed by atoms with Gasteiger partial charge >= 0.3 is 0 Å². The minimum absolute atomic E-state index is 0.0531. The molecular formula is C18H24N3O+. The van der Waals surface area contributed by atoms with E-state index in [-0.39, 0.29) is 11.9 Å². The third-order valence-electron chi connectivity index (χ3n) is 4.74. The van der Waals surface area contributed by atoms with E-state index in [1.165, 1.54) is 17.0 Å². The van der Waals surface area contributed by atoms with E-state index in [4.69, 9.17) is 0 Å². The maximum absolute atomic E-state index is 12.6. The van der Waals surface area contributed by atoms with Gasteiger partial charge in [-0.3, -0.25) is 4.79 Å². The number of para-hydroxylation sites is 1. The molecule has 1 unspecified atom stereocenters. The fraction of sp³-hybridized carbons (Fsp3) is 0.389. The highest BCUT2D eigenvalue weighted by molar-refractivity contribution is 5.93. The first kappa shape index (κ1) is 14.9. The van der Waals surface area contributed by atoms with E-state index in [1.54, 1.807) is 0 Å². The summed E-state index contributed by atoms with van der Waals surface area (Å²) in [6.45, 7) is 3.09. The average Bonchev–Trinajstić information content (AvgIpc) is 3.15. The first-order chi connectivity index (χ1) is 10.7. The molecule has 0 radical (unpaired) electrons. The van der Waals surface area contributed by atoms with Crippen LogP contribution in [-0.2, 0) is 11.8 Å². The van der Waals surface area contributed by atoms with Crippen LogP contribution < -0.4 is 10.2 Å². The Balaban J connectivity index is 1.72. The summed E-state index contributed by atoms with van der Waals surface area (Å²) in [4.78, 5) is 13.9. The summed E-state index contributed by atoms with van der Waals surface area (Å²) in [5.41, 5.74) is 2.19. The number of aromatic nitrogens is 1. The highest BCUT2D eigenvalue weighted by atomic mass is 16.2. The Hall–Kier alpha value is -2.07. The second-order valence-corrected chi connectivity index (χ2v) is 6.14. The van der Waals surface area contributed by atoms with Crippen LogP contribution in [-0.4, -0.2) is 23.1 Å². The molecule has 3 rings (SSSR count). The van der Waals surface area contributed by atoms with E-state index in [0.717, 1.165) is 18.7 Å². The summed E-state index contributed by atoms with van der Waals surface area (Å²) in [6, 6.07) is 14.3. The number of nitrogens with zero attached hydrogens (tertiary/aromatic N) is 1. The van der Waals surface area contributed by atoms with E-state index in [9.17, 15) is 4.79 Å². The van der Waals surface area contributed by atoms with Crippen LogP contribution in [0.15, 0.2) is 48.7 Å². The SMILES string of the molecule is C[C@@H](C(=O)Nc1ccccc1)[NH+]1CCC[C@@H]1c1cccn1C. The Bertz CT molecular complexity index is 635. The summed E-state index contributed by atoms with van der Waals surface area (Å²) in [5.74, 6) is 0.0994. The van der Waals surface area contributed by atoms with Crippen molar-refractivity contribution in [2.45, 2.75) is 31.8 Å². The molecule has 2 aromatic rings. The number of nitrogens with one attached hydrogen (secondary N) is 2. The number of anilines is 1. The minimum Gasteiger partial charge on any atom is -0.350 e. The lowest BCUT2D eigenvalue weighted by Gasteiger charge is -2.27. The lowest BCUT2D eigenvalue weighted by molar-refractivity contribution is -0.932. The molecule has 22 heavy (non-hydrogen) atoms. The number of aryl methyl sites for hydroxylation is 1. The normalized spacial score (nSPS) is 22.5. The number of amides is 1. The molecule has 1 aliphatic heterocycles. The van der Waals surface area contributed by atoms with Gasteiger partial charge in [-0.15, -0.1) is 0 Å². The van der Waals surface area contributed by atoms with E-state index >= 15 is 0 Å². The van der Waals surface area contributed by atoms with Gasteiger partial charge in [0, 0.05) is 31.8 Å². The molecule has 1 aromatic carbocycles. The van der Waals surface area contributed by atoms with Crippen LogP contribution in [0, 0.1) is 0 Å². The predicted octanol–water partition coefficient (Wildman–Crippen LogP) is 1.77. The number of hydrogen-bond donors (Lipinski definition) is 2. The fourth-order valence-corrected chi connectivity index (χ4v) is 3.50. The number of carbonyl (C=O) groups is 1. The van der Waals surface area contributed by atoms with Gasteiger partial charge in [-0.2, -0.15) is 0 Å². The Morgan fingerprint density at radius 3 is 2.73 bits per heavy atom. The summed E-state index contributed by atoms with van der Waals surface area (Å²) < 4.78 is 2.18. The van der Waals surface area contributed by atoms with Gasteiger partial charge in [-0.1, -0.05) is 18.2 Å². The molecule has 1 amide bonds. The number of benzene rings is 1. The quantitative estimate of drug-likeness (QED) is 0.887. The third-order valence-corrected chi connectivity index (χ3v) is 4.74. The zero-order valence-corrected chi connectivity index (χ0v) is 13.3. The Labute approximate surface area is 131 Å². The van der Waals surface area contributed by atoms with E-state index in [1.807, 2.05) is 37.3 Å². The van der Waals surface area contributed by atoms with Crippen LogP contribution >= 0.6 is 0 Å². The van der Waals surface area contributed by atoms with Crippen molar-refractivity contribution < 1.29 is 9.69 Å². The predicted molar refractivity (Wildman–Crippen MR) is 87.8 cm³/mol. The maximum atomic E-state index is 12.6. The first-order valence-electron chi connectivity index (χ1n) is 7.99. The van der Waals surface area contributed by atoms with Crippen LogP contribution in [0.2, 0.25) is 0 Å². The van der Waals surface area contributed by atoms with Crippen molar-refractivity contribution in [1.29, 1.82) is 0 Å². The van der Waals surface area contributed by atoms with E-state index in [0.29, 0.717) is 6.04 Å². The molecule has 0 bridgehead atoms. The van der Waals surface area contributed by atoms with Crippen LogP contribution in [0.1, 0.15) is 31.5 Å². The van der Waals surface area contributed by atoms with Crippen molar-refractivity contribution in [3.63, 3.8) is 0 Å². The van der Waals surface area contributed by atoms with Crippen LogP contribution in [0.25, 0.3) is 0 Å². The van der Waals surface area contributed by atoms with Crippen molar-refractivity contribution in [3.05, 3.63) is 54.4 Å². The summed E-state index contributed by atoms with van der Waals surface area (Å²) >= 11 is 0. The van der Waals surface area contributed by atoms with Gasteiger partial charge in [0.05, 0.1) is 12.2 Å². The topological polar surface area (TPSA) is 38.5 Å². The lowest BCUT2D eigenvalue weighted by Crippen LogP contribution is -3.15.